The second-order valence-electron chi connectivity index (χ2n) is 18.0. The van der Waals surface area contributed by atoms with Crippen LogP contribution in [0.15, 0.2) is 24.3 Å². The first kappa shape index (κ1) is 36.0. The molecule has 0 amide bonds. The van der Waals surface area contributed by atoms with E-state index in [1.54, 1.807) is 0 Å². The van der Waals surface area contributed by atoms with Crippen LogP contribution < -0.4 is 53.0 Å². The molecule has 5 saturated heterocycles. The van der Waals surface area contributed by atoms with Gasteiger partial charge in [-0.3, -0.25) is 42.5 Å². The van der Waals surface area contributed by atoms with Gasteiger partial charge in [0.15, 0.2) is 0 Å². The Morgan fingerprint density at radius 3 is 1.20 bits per heavy atom. The molecule has 10 nitrogen and oxygen atoms in total. The fraction of sp³-hybridized carbons (Fsp3) is 0.850. The van der Waals surface area contributed by atoms with Crippen LogP contribution in [0.2, 0.25) is 0 Å². The quantitative estimate of drug-likeness (QED) is 0.212. The van der Waals surface area contributed by atoms with Crippen molar-refractivity contribution in [3.63, 3.8) is 0 Å². The smallest absolute Gasteiger partial charge is 0.119 e. The molecule has 9 fully saturated rings. The molecule has 5 aliphatic heterocycles. The van der Waals surface area contributed by atoms with E-state index in [9.17, 15) is 0 Å². The van der Waals surface area contributed by atoms with Crippen molar-refractivity contribution in [2.45, 2.75) is 158 Å². The van der Waals surface area contributed by atoms with Crippen molar-refractivity contribution in [3.05, 3.63) is 29.8 Å². The Morgan fingerprint density at radius 1 is 0.451 bits per heavy atom. The average molecular weight is 753 g/mol. The number of benzene rings is 1. The predicted molar refractivity (Wildman–Crippen MR) is 196 cm³/mol. The van der Waals surface area contributed by atoms with Gasteiger partial charge in [-0.2, -0.15) is 0 Å². The first-order valence-electron chi connectivity index (χ1n) is 21.2. The van der Waals surface area contributed by atoms with Gasteiger partial charge in [-0.15, -0.1) is 0 Å². The van der Waals surface area contributed by atoms with Gasteiger partial charge in [0.1, 0.15) is 11.9 Å². The number of ether oxygens (including phenoxy) is 1. The third kappa shape index (κ3) is 6.80. The minimum absolute atomic E-state index is 0. The van der Waals surface area contributed by atoms with Gasteiger partial charge in [0.25, 0.3) is 0 Å². The van der Waals surface area contributed by atoms with Gasteiger partial charge in [0.2, 0.25) is 0 Å². The minimum Gasteiger partial charge on any atom is -0.490 e. The Labute approximate surface area is 319 Å². The molecule has 8 bridgehead atoms. The summed E-state index contributed by atoms with van der Waals surface area (Å²) < 4.78 is 6.99. The summed E-state index contributed by atoms with van der Waals surface area (Å²) in [5, 5.41) is 34.0. The van der Waals surface area contributed by atoms with Crippen LogP contribution >= 0.6 is 0 Å². The van der Waals surface area contributed by atoms with Crippen LogP contribution in [-0.2, 0) is 25.9 Å². The third-order valence-electron chi connectivity index (χ3n) is 15.5. The van der Waals surface area contributed by atoms with Crippen molar-refractivity contribution >= 4 is 0 Å². The van der Waals surface area contributed by atoms with E-state index in [1.807, 2.05) is 0 Å². The molecule has 4 aliphatic carbocycles. The molecule has 11 heteroatoms. The fourth-order valence-electron chi connectivity index (χ4n) is 13.2. The van der Waals surface area contributed by atoms with E-state index in [1.165, 1.54) is 95.5 Å². The standard InChI is InChI=1S/C40H65N9O.Zn/c41-21-20-22-16-18-23(19-17-22)50-31-15-7-14-30-32(31)40-48-38-29-13-6-5-12-28(29)36(46-38)44-34-25-9-2-1-8-24(25)33(42-34)43-35-26-10-3-4-11-27(26)37(45-35)47-39(30)49-40;/h16-19,24-40,42-49H,1-15,20-21,41H2;. The molecule has 0 radical (unpaired) electrons. The maximum absolute atomic E-state index is 6.99. The van der Waals surface area contributed by atoms with E-state index >= 15 is 0 Å². The Bertz CT molecular complexity index is 1320. The number of fused-ring (bicyclic) bond motifs is 20. The minimum atomic E-state index is 0. The molecule has 17 unspecified atom stereocenters. The summed E-state index contributed by atoms with van der Waals surface area (Å²) in [5.41, 5.74) is 7.14. The number of nitrogens with two attached hydrogens (primary N) is 1. The summed E-state index contributed by atoms with van der Waals surface area (Å²) in [6.45, 7) is 0.681. The maximum Gasteiger partial charge on any atom is 0.119 e. The summed E-state index contributed by atoms with van der Waals surface area (Å²) in [6, 6.07) is 8.76. The topological polar surface area (TPSA) is 131 Å². The number of hydrogen-bond acceptors (Lipinski definition) is 10. The molecule has 10 N–H and O–H groups in total. The molecule has 10 rings (SSSR count). The SMILES string of the molecule is NCCc1ccc(OC2CCCC3C4NC5NC(NC6NC(NC7NC(NC(N4)C23)C2CCCCC72)C2CCCCC62)C2CCCCC52)cc1.[Zn]. The summed E-state index contributed by atoms with van der Waals surface area (Å²) in [5.74, 6) is 6.01. The molecule has 17 atom stereocenters. The number of hydrogen-bond donors (Lipinski definition) is 9. The molecule has 0 aromatic heterocycles. The van der Waals surface area contributed by atoms with E-state index < -0.39 is 0 Å². The molecule has 51 heavy (non-hydrogen) atoms. The predicted octanol–water partition coefficient (Wildman–Crippen LogP) is 3.16. The molecule has 278 valence electrons. The maximum atomic E-state index is 6.99. The van der Waals surface area contributed by atoms with Crippen LogP contribution in [0.1, 0.15) is 102 Å². The van der Waals surface area contributed by atoms with E-state index in [0.717, 1.165) is 18.6 Å². The second-order valence-corrected chi connectivity index (χ2v) is 18.0. The Kier molecular flexibility index (Phi) is 10.9. The average Bonchev–Trinajstić information content (AvgIpc) is 3.89. The molecular formula is C40H65N9OZn. The van der Waals surface area contributed by atoms with E-state index in [-0.39, 0.29) is 37.9 Å². The number of nitrogens with one attached hydrogen (secondary N) is 8. The summed E-state index contributed by atoms with van der Waals surface area (Å²) in [7, 11) is 0. The van der Waals surface area contributed by atoms with Crippen molar-refractivity contribution < 1.29 is 24.2 Å². The van der Waals surface area contributed by atoms with Crippen molar-refractivity contribution in [1.29, 1.82) is 0 Å². The zero-order valence-electron chi connectivity index (χ0n) is 30.8. The molecule has 0 spiro atoms. The van der Waals surface area contributed by atoms with Gasteiger partial charge in [-0.25, -0.2) is 0 Å². The monoisotopic (exact) mass is 751 g/mol. The molecule has 5 heterocycles. The largest absolute Gasteiger partial charge is 0.490 e. The van der Waals surface area contributed by atoms with Gasteiger partial charge in [0, 0.05) is 25.4 Å². The van der Waals surface area contributed by atoms with Crippen LogP contribution in [0.3, 0.4) is 0 Å². The van der Waals surface area contributed by atoms with Crippen LogP contribution in [0.25, 0.3) is 0 Å². The number of rotatable bonds is 4. The van der Waals surface area contributed by atoms with Gasteiger partial charge >= 0.3 is 0 Å². The van der Waals surface area contributed by atoms with Crippen molar-refractivity contribution in [2.75, 3.05) is 6.54 Å². The Hall–Kier alpha value is -0.717. The first-order valence-corrected chi connectivity index (χ1v) is 21.2. The second kappa shape index (κ2) is 15.4. The van der Waals surface area contributed by atoms with Crippen LogP contribution in [-0.4, -0.2) is 62.0 Å². The molecule has 1 aromatic carbocycles. The van der Waals surface area contributed by atoms with Crippen molar-refractivity contribution in [1.82, 2.24) is 42.5 Å². The van der Waals surface area contributed by atoms with Gasteiger partial charge < -0.3 is 10.5 Å². The zero-order chi connectivity index (χ0) is 33.2. The molecule has 4 saturated carbocycles. The summed E-state index contributed by atoms with van der Waals surface area (Å²) >= 11 is 0. The summed E-state index contributed by atoms with van der Waals surface area (Å²) in [6.07, 6.45) is 23.4. The molecule has 1 aromatic rings. The van der Waals surface area contributed by atoms with Crippen molar-refractivity contribution in [2.24, 2.45) is 53.1 Å². The first-order chi connectivity index (χ1) is 24.7. The molecule has 9 aliphatic rings. The van der Waals surface area contributed by atoms with E-state index in [2.05, 4.69) is 66.8 Å². The van der Waals surface area contributed by atoms with Crippen LogP contribution in [0.4, 0.5) is 0 Å². The Morgan fingerprint density at radius 2 is 0.804 bits per heavy atom. The normalized spacial score (nSPS) is 48.8. The van der Waals surface area contributed by atoms with E-state index in [0.29, 0.717) is 90.9 Å². The Balaban J connectivity index is 0.00000348. The van der Waals surface area contributed by atoms with E-state index in [4.69, 9.17) is 10.5 Å². The van der Waals surface area contributed by atoms with Crippen LogP contribution in [0.5, 0.6) is 5.75 Å². The van der Waals surface area contributed by atoms with Gasteiger partial charge in [0.05, 0.1) is 49.3 Å². The van der Waals surface area contributed by atoms with Gasteiger partial charge in [-0.05, 0) is 130 Å². The third-order valence-corrected chi connectivity index (χ3v) is 15.5. The van der Waals surface area contributed by atoms with Crippen LogP contribution in [0, 0.1) is 47.3 Å². The van der Waals surface area contributed by atoms with Crippen molar-refractivity contribution in [3.8, 4) is 5.75 Å². The zero-order valence-corrected chi connectivity index (χ0v) is 33.8. The fourth-order valence-corrected chi connectivity index (χ4v) is 13.2. The van der Waals surface area contributed by atoms with Gasteiger partial charge in [-0.1, -0.05) is 50.7 Å². The molecular weight excluding hydrogens is 688 g/mol. The summed E-state index contributed by atoms with van der Waals surface area (Å²) in [4.78, 5) is 0.